The van der Waals surface area contributed by atoms with Gasteiger partial charge in [0.2, 0.25) is 0 Å². The van der Waals surface area contributed by atoms with Crippen LogP contribution >= 0.6 is 0 Å². The Morgan fingerprint density at radius 3 is 2.69 bits per heavy atom. The first-order valence-corrected chi connectivity index (χ1v) is 15.9. The maximum absolute atomic E-state index is 14.0. The summed E-state index contributed by atoms with van der Waals surface area (Å²) in [6.07, 6.45) is 5.23. The minimum atomic E-state index is -0.913. The molecule has 6 heteroatoms. The molecule has 1 N–H and O–H groups in total. The fourth-order valence-electron chi connectivity index (χ4n) is 8.70. The molecule has 42 heavy (non-hydrogen) atoms. The van der Waals surface area contributed by atoms with Gasteiger partial charge in [-0.25, -0.2) is 0 Å². The lowest BCUT2D eigenvalue weighted by atomic mass is 9.48. The Kier molecular flexibility index (Phi) is 6.64. The zero-order valence-corrected chi connectivity index (χ0v) is 25.7. The number of rotatable bonds is 6. The Hall–Kier alpha value is -3.01. The van der Waals surface area contributed by atoms with Crippen molar-refractivity contribution in [3.05, 3.63) is 58.1 Å². The van der Waals surface area contributed by atoms with Crippen LogP contribution in [0.5, 0.6) is 11.5 Å². The maximum Gasteiger partial charge on any atom is 0.299 e. The first kappa shape index (κ1) is 27.8. The van der Waals surface area contributed by atoms with Gasteiger partial charge in [0, 0.05) is 36.2 Å². The van der Waals surface area contributed by atoms with Crippen molar-refractivity contribution >= 4 is 5.91 Å². The van der Waals surface area contributed by atoms with Crippen LogP contribution < -0.4 is 9.47 Å². The van der Waals surface area contributed by atoms with Gasteiger partial charge in [0.05, 0.1) is 24.2 Å². The maximum atomic E-state index is 14.0. The molecule has 2 heterocycles. The molecule has 7 rings (SSSR count). The zero-order chi connectivity index (χ0) is 29.4. The zero-order valence-electron chi connectivity index (χ0n) is 25.7. The summed E-state index contributed by atoms with van der Waals surface area (Å²) in [5.74, 6) is 8.50. The van der Waals surface area contributed by atoms with Crippen LogP contribution in [0.3, 0.4) is 0 Å². The SMILES string of the molecule is COc1ccc2c3c1O[C@H]1[C@H](N(CC(C)C)C(=O)C#Cc4ccc(C)c(C)c4)CC[C@@]4(O)[C@@H](C2)N(CC2CC2)CC[C@]314. The number of hydrogen-bond donors (Lipinski definition) is 1. The van der Waals surface area contributed by atoms with Crippen molar-refractivity contribution in [1.29, 1.82) is 0 Å². The summed E-state index contributed by atoms with van der Waals surface area (Å²) in [6, 6.07) is 10.2. The second-order valence-electron chi connectivity index (χ2n) is 14.0. The van der Waals surface area contributed by atoms with Gasteiger partial charge in [0.25, 0.3) is 5.91 Å². The number of hydrogen-bond acceptors (Lipinski definition) is 5. The summed E-state index contributed by atoms with van der Waals surface area (Å²) in [6.45, 7) is 11.1. The molecule has 2 saturated carbocycles. The third-order valence-corrected chi connectivity index (χ3v) is 11.0. The van der Waals surface area contributed by atoms with Crippen LogP contribution in [0, 0.1) is 37.5 Å². The van der Waals surface area contributed by atoms with Crippen LogP contribution in [0.4, 0.5) is 0 Å². The Morgan fingerprint density at radius 1 is 1.17 bits per heavy atom. The number of ether oxygens (including phenoxy) is 2. The standard InChI is InChI=1S/C36H44N2O4/c1-22(2)20-38(31(39)13-10-25-7-6-23(3)24(4)18-25)28-14-15-36(40)30-19-27-11-12-29(41-5)33-32(27)35(36,34(28)42-33)16-17-37(30)21-26-8-9-26/h6-7,11-12,18,22,26,28,30,34,40H,8-9,14-17,19-21H2,1-5H3/t28-,30-,34+,35+,36-/m1/s1. The molecule has 1 spiro atoms. The second kappa shape index (κ2) is 10.0. The summed E-state index contributed by atoms with van der Waals surface area (Å²) in [5, 5.41) is 12.9. The highest BCUT2D eigenvalue weighted by Crippen LogP contribution is 2.66. The molecule has 1 amide bonds. The number of carbonyl (C=O) groups excluding carboxylic acids is 1. The van der Waals surface area contributed by atoms with Crippen LogP contribution in [0.2, 0.25) is 0 Å². The van der Waals surface area contributed by atoms with Gasteiger partial charge in [0.15, 0.2) is 11.5 Å². The summed E-state index contributed by atoms with van der Waals surface area (Å²) < 4.78 is 12.8. The van der Waals surface area contributed by atoms with Crippen LogP contribution in [0.15, 0.2) is 30.3 Å². The number of amides is 1. The first-order valence-electron chi connectivity index (χ1n) is 15.9. The van der Waals surface area contributed by atoms with Crippen molar-refractivity contribution in [3.8, 4) is 23.3 Å². The van der Waals surface area contributed by atoms with Gasteiger partial charge in [-0.1, -0.05) is 31.9 Å². The topological polar surface area (TPSA) is 62.2 Å². The van der Waals surface area contributed by atoms with Gasteiger partial charge < -0.3 is 19.5 Å². The highest BCUT2D eigenvalue weighted by atomic mass is 16.5. The van der Waals surface area contributed by atoms with Gasteiger partial charge in [-0.2, -0.15) is 0 Å². The van der Waals surface area contributed by atoms with Gasteiger partial charge in [0.1, 0.15) is 6.10 Å². The molecule has 6 nitrogen and oxygen atoms in total. The molecule has 3 aliphatic carbocycles. The lowest BCUT2D eigenvalue weighted by Crippen LogP contribution is -2.78. The second-order valence-corrected chi connectivity index (χ2v) is 14.0. The highest BCUT2D eigenvalue weighted by Gasteiger charge is 2.73. The minimum absolute atomic E-state index is 0.0598. The lowest BCUT2D eigenvalue weighted by molar-refractivity contribution is -0.201. The van der Waals surface area contributed by atoms with Crippen molar-refractivity contribution in [1.82, 2.24) is 9.80 Å². The number of aliphatic hydroxyl groups is 1. The van der Waals surface area contributed by atoms with E-state index in [0.717, 1.165) is 48.7 Å². The van der Waals surface area contributed by atoms with Gasteiger partial charge in [-0.05, 0) is 106 Å². The van der Waals surface area contributed by atoms with Crippen molar-refractivity contribution in [3.63, 3.8) is 0 Å². The average molecular weight is 569 g/mol. The fraction of sp³-hybridized carbons (Fsp3) is 0.583. The summed E-state index contributed by atoms with van der Waals surface area (Å²) >= 11 is 0. The predicted octanol–water partition coefficient (Wildman–Crippen LogP) is 4.78. The molecule has 1 saturated heterocycles. The van der Waals surface area contributed by atoms with Crippen LogP contribution in [-0.4, -0.2) is 71.3 Å². The smallest absolute Gasteiger partial charge is 0.299 e. The molecule has 5 aliphatic rings. The first-order chi connectivity index (χ1) is 20.2. The molecule has 2 bridgehead atoms. The number of likely N-dealkylation sites (tertiary alicyclic amines) is 1. The average Bonchev–Trinajstić information content (AvgIpc) is 3.71. The van der Waals surface area contributed by atoms with Crippen molar-refractivity contribution in [2.45, 2.75) is 95.4 Å². The molecule has 0 aromatic heterocycles. The van der Waals surface area contributed by atoms with Crippen molar-refractivity contribution in [2.24, 2.45) is 11.8 Å². The number of benzene rings is 2. The molecule has 0 unspecified atom stereocenters. The molecule has 5 atom stereocenters. The van der Waals surface area contributed by atoms with E-state index in [1.54, 1.807) is 7.11 Å². The predicted molar refractivity (Wildman–Crippen MR) is 163 cm³/mol. The van der Waals surface area contributed by atoms with E-state index in [9.17, 15) is 9.90 Å². The molecular formula is C36H44N2O4. The molecule has 0 radical (unpaired) electrons. The number of carbonyl (C=O) groups is 1. The summed E-state index contributed by atoms with van der Waals surface area (Å²) in [4.78, 5) is 18.5. The quantitative estimate of drug-likeness (QED) is 0.509. The Bertz CT molecular complexity index is 1490. The van der Waals surface area contributed by atoms with Gasteiger partial charge >= 0.3 is 0 Å². The Labute approximate surface area is 250 Å². The van der Waals surface area contributed by atoms with E-state index in [-0.39, 0.29) is 30.0 Å². The van der Waals surface area contributed by atoms with E-state index in [2.05, 4.69) is 56.6 Å². The Balaban J connectivity index is 1.29. The van der Waals surface area contributed by atoms with Crippen LogP contribution in [0.25, 0.3) is 0 Å². The van der Waals surface area contributed by atoms with E-state index in [1.165, 1.54) is 29.5 Å². The van der Waals surface area contributed by atoms with Gasteiger partial charge in [-0.3, -0.25) is 9.69 Å². The molecule has 222 valence electrons. The summed E-state index contributed by atoms with van der Waals surface area (Å²) in [7, 11) is 1.69. The van der Waals surface area contributed by atoms with Crippen LogP contribution in [0.1, 0.15) is 73.8 Å². The van der Waals surface area contributed by atoms with Gasteiger partial charge in [-0.15, -0.1) is 0 Å². The minimum Gasteiger partial charge on any atom is -0.493 e. The summed E-state index contributed by atoms with van der Waals surface area (Å²) in [5.41, 5.74) is 4.15. The lowest BCUT2D eigenvalue weighted by Gasteiger charge is -2.64. The van der Waals surface area contributed by atoms with E-state index < -0.39 is 11.0 Å². The molecule has 2 aromatic rings. The third-order valence-electron chi connectivity index (χ3n) is 11.0. The molecule has 3 fully saturated rings. The third kappa shape index (κ3) is 4.11. The van der Waals surface area contributed by atoms with E-state index in [4.69, 9.17) is 9.47 Å². The van der Waals surface area contributed by atoms with Crippen molar-refractivity contribution in [2.75, 3.05) is 26.7 Å². The monoisotopic (exact) mass is 568 g/mol. The number of nitrogens with zero attached hydrogens (tertiary/aromatic N) is 2. The fourth-order valence-corrected chi connectivity index (χ4v) is 8.70. The molecular weight excluding hydrogens is 524 g/mol. The number of piperidine rings is 1. The van der Waals surface area contributed by atoms with E-state index in [0.29, 0.717) is 25.1 Å². The number of methoxy groups -OCH3 is 1. The van der Waals surface area contributed by atoms with Crippen molar-refractivity contribution < 1.29 is 19.4 Å². The van der Waals surface area contributed by atoms with E-state index in [1.807, 2.05) is 23.1 Å². The largest absolute Gasteiger partial charge is 0.493 e. The molecule has 2 aliphatic heterocycles. The molecule has 2 aromatic carbocycles. The van der Waals surface area contributed by atoms with E-state index >= 15 is 0 Å². The highest BCUT2D eigenvalue weighted by molar-refractivity contribution is 5.94. The number of aryl methyl sites for hydroxylation is 2. The van der Waals surface area contributed by atoms with Crippen LogP contribution in [-0.2, 0) is 16.6 Å². The Morgan fingerprint density at radius 2 is 1.98 bits per heavy atom. The normalized spacial score (nSPS) is 30.7.